The number of unbranched alkanes of at least 4 members (excludes halogenated alkanes) is 1. The molecule has 2 rings (SSSR count). The second-order valence-corrected chi connectivity index (χ2v) is 8.96. The predicted octanol–water partition coefficient (Wildman–Crippen LogP) is 4.75. The fourth-order valence-corrected chi connectivity index (χ4v) is 3.65. The van der Waals surface area contributed by atoms with Gasteiger partial charge in [0.2, 0.25) is 5.91 Å². The lowest BCUT2D eigenvalue weighted by Crippen LogP contribution is -2.35. The summed E-state index contributed by atoms with van der Waals surface area (Å²) in [6.07, 6.45) is 5.30. The van der Waals surface area contributed by atoms with Gasteiger partial charge in [-0.05, 0) is 49.6 Å². The summed E-state index contributed by atoms with van der Waals surface area (Å²) >= 11 is 0. The van der Waals surface area contributed by atoms with E-state index in [9.17, 15) is 13.2 Å². The molecule has 1 aromatic heterocycles. The Morgan fingerprint density at radius 3 is 2.55 bits per heavy atom. The number of carbonyl (C=O) groups is 1. The molecule has 7 heteroatoms. The number of hydrogen-bond acceptors (Lipinski definition) is 5. The molecule has 1 aromatic carbocycles. The van der Waals surface area contributed by atoms with Crippen LogP contribution in [-0.4, -0.2) is 25.0 Å². The highest BCUT2D eigenvalue weighted by atomic mass is 32.2. The second-order valence-electron chi connectivity index (χ2n) is 7.10. The largest absolute Gasteiger partial charge is 0.467 e. The van der Waals surface area contributed by atoms with E-state index in [4.69, 9.17) is 8.60 Å². The molecule has 1 amide bonds. The SMILES string of the molecule is CCCC[C@@H](CC)C(=O)N(Cc1cccc(OS(=O)(=O)CC)c1)Cc1ccco1. The second kappa shape index (κ2) is 11.0. The molecule has 0 radical (unpaired) electrons. The summed E-state index contributed by atoms with van der Waals surface area (Å²) in [6.45, 7) is 6.41. The number of amides is 1. The van der Waals surface area contributed by atoms with Gasteiger partial charge in [-0.1, -0.05) is 38.8 Å². The standard InChI is InChI=1S/C22H31NO5S/c1-4-7-11-19(5-2)22(24)23(17-21-13-9-14-27-21)16-18-10-8-12-20(15-18)28-29(25,26)6-3/h8-10,12-15,19H,4-7,11,16-17H2,1-3H3/t19-/m1/s1. The van der Waals surface area contributed by atoms with Crippen molar-refractivity contribution in [2.75, 3.05) is 5.75 Å². The molecule has 0 aliphatic carbocycles. The average molecular weight is 422 g/mol. The first-order chi connectivity index (χ1) is 13.9. The zero-order valence-electron chi connectivity index (χ0n) is 17.5. The van der Waals surface area contributed by atoms with E-state index in [2.05, 4.69) is 6.92 Å². The van der Waals surface area contributed by atoms with Crippen molar-refractivity contribution in [2.45, 2.75) is 59.5 Å². The van der Waals surface area contributed by atoms with Crippen molar-refractivity contribution in [1.29, 1.82) is 0 Å². The molecule has 0 fully saturated rings. The first-order valence-electron chi connectivity index (χ1n) is 10.2. The Balaban J connectivity index is 2.22. The highest BCUT2D eigenvalue weighted by Gasteiger charge is 2.24. The lowest BCUT2D eigenvalue weighted by Gasteiger charge is -2.26. The Morgan fingerprint density at radius 2 is 1.93 bits per heavy atom. The van der Waals surface area contributed by atoms with Crippen LogP contribution in [0.2, 0.25) is 0 Å². The maximum absolute atomic E-state index is 13.2. The van der Waals surface area contributed by atoms with Crippen molar-refractivity contribution >= 4 is 16.0 Å². The van der Waals surface area contributed by atoms with Crippen LogP contribution in [0.3, 0.4) is 0 Å². The van der Waals surface area contributed by atoms with Crippen molar-refractivity contribution in [2.24, 2.45) is 5.92 Å². The molecule has 160 valence electrons. The third kappa shape index (κ3) is 7.24. The molecule has 29 heavy (non-hydrogen) atoms. The Bertz CT molecular complexity index is 861. The quantitative estimate of drug-likeness (QED) is 0.462. The van der Waals surface area contributed by atoms with Crippen LogP contribution in [0.1, 0.15) is 57.8 Å². The van der Waals surface area contributed by atoms with Crippen LogP contribution < -0.4 is 4.18 Å². The average Bonchev–Trinajstić information content (AvgIpc) is 3.21. The van der Waals surface area contributed by atoms with Gasteiger partial charge < -0.3 is 13.5 Å². The topological polar surface area (TPSA) is 76.8 Å². The molecule has 0 bridgehead atoms. The van der Waals surface area contributed by atoms with Crippen molar-refractivity contribution in [3.8, 4) is 5.75 Å². The van der Waals surface area contributed by atoms with E-state index in [1.165, 1.54) is 6.92 Å². The van der Waals surface area contributed by atoms with Crippen molar-refractivity contribution in [1.82, 2.24) is 4.90 Å². The van der Waals surface area contributed by atoms with Crippen LogP contribution in [0.5, 0.6) is 5.75 Å². The highest BCUT2D eigenvalue weighted by Crippen LogP contribution is 2.22. The Morgan fingerprint density at radius 1 is 1.14 bits per heavy atom. The number of nitrogens with zero attached hydrogens (tertiary/aromatic N) is 1. The first-order valence-corrected chi connectivity index (χ1v) is 11.8. The van der Waals surface area contributed by atoms with Crippen LogP contribution >= 0.6 is 0 Å². The van der Waals surface area contributed by atoms with E-state index >= 15 is 0 Å². The van der Waals surface area contributed by atoms with Gasteiger partial charge in [0.05, 0.1) is 18.6 Å². The Hall–Kier alpha value is -2.28. The monoisotopic (exact) mass is 421 g/mol. The molecule has 0 aliphatic rings. The Labute approximate surface area is 174 Å². The summed E-state index contributed by atoms with van der Waals surface area (Å²) in [6, 6.07) is 10.5. The molecule has 6 nitrogen and oxygen atoms in total. The van der Waals surface area contributed by atoms with Crippen LogP contribution in [0.25, 0.3) is 0 Å². The summed E-state index contributed by atoms with van der Waals surface area (Å²) in [5.74, 6) is 0.919. The fourth-order valence-electron chi connectivity index (χ4n) is 3.13. The summed E-state index contributed by atoms with van der Waals surface area (Å²) < 4.78 is 34.1. The van der Waals surface area contributed by atoms with Gasteiger partial charge in [-0.2, -0.15) is 8.42 Å². The molecule has 0 saturated heterocycles. The molecule has 1 heterocycles. The van der Waals surface area contributed by atoms with Gasteiger partial charge in [0, 0.05) is 12.5 Å². The van der Waals surface area contributed by atoms with Crippen LogP contribution in [0, 0.1) is 5.92 Å². The fraction of sp³-hybridized carbons (Fsp3) is 0.500. The lowest BCUT2D eigenvalue weighted by atomic mass is 9.97. The smallest absolute Gasteiger partial charge is 0.308 e. The zero-order chi connectivity index (χ0) is 21.3. The van der Waals surface area contributed by atoms with Gasteiger partial charge in [0.15, 0.2) is 0 Å². The molecule has 0 aliphatic heterocycles. The number of hydrogen-bond donors (Lipinski definition) is 0. The predicted molar refractivity (Wildman–Crippen MR) is 113 cm³/mol. The van der Waals surface area contributed by atoms with Gasteiger partial charge in [0.25, 0.3) is 0 Å². The van der Waals surface area contributed by atoms with E-state index in [-0.39, 0.29) is 23.3 Å². The molecule has 1 atom stereocenters. The number of carbonyl (C=O) groups excluding carboxylic acids is 1. The van der Waals surface area contributed by atoms with Gasteiger partial charge in [-0.3, -0.25) is 4.79 Å². The van der Waals surface area contributed by atoms with E-state index in [0.29, 0.717) is 18.8 Å². The number of furan rings is 1. The molecule has 0 unspecified atom stereocenters. The first kappa shape index (κ1) is 23.0. The van der Waals surface area contributed by atoms with Gasteiger partial charge >= 0.3 is 10.1 Å². The third-order valence-corrected chi connectivity index (χ3v) is 5.99. The minimum atomic E-state index is -3.60. The van der Waals surface area contributed by atoms with Gasteiger partial charge in [-0.15, -0.1) is 0 Å². The maximum Gasteiger partial charge on any atom is 0.308 e. The lowest BCUT2D eigenvalue weighted by molar-refractivity contribution is -0.137. The normalized spacial score (nSPS) is 12.5. The minimum absolute atomic E-state index is 0.0372. The van der Waals surface area contributed by atoms with E-state index in [1.54, 1.807) is 35.4 Å². The van der Waals surface area contributed by atoms with Crippen LogP contribution in [-0.2, 0) is 28.0 Å². The van der Waals surface area contributed by atoms with Crippen molar-refractivity contribution in [3.63, 3.8) is 0 Å². The zero-order valence-corrected chi connectivity index (χ0v) is 18.3. The summed E-state index contributed by atoms with van der Waals surface area (Å²) in [7, 11) is -3.60. The molecular weight excluding hydrogens is 390 g/mol. The molecule has 0 saturated carbocycles. The minimum Gasteiger partial charge on any atom is -0.467 e. The summed E-state index contributed by atoms with van der Waals surface area (Å²) in [5.41, 5.74) is 0.805. The molecule has 0 spiro atoms. The molecule has 0 N–H and O–H groups in total. The van der Waals surface area contributed by atoms with Crippen molar-refractivity contribution in [3.05, 3.63) is 54.0 Å². The van der Waals surface area contributed by atoms with Gasteiger partial charge in [0.1, 0.15) is 11.5 Å². The molecule has 2 aromatic rings. The van der Waals surface area contributed by atoms with Crippen molar-refractivity contribution < 1.29 is 21.8 Å². The number of rotatable bonds is 12. The molecular formula is C22H31NO5S. The third-order valence-electron chi connectivity index (χ3n) is 4.84. The highest BCUT2D eigenvalue weighted by molar-refractivity contribution is 7.87. The number of benzene rings is 1. The van der Waals surface area contributed by atoms with Crippen LogP contribution in [0.4, 0.5) is 0 Å². The van der Waals surface area contributed by atoms with E-state index in [0.717, 1.165) is 31.2 Å². The Kier molecular flexibility index (Phi) is 8.76. The maximum atomic E-state index is 13.2. The summed E-state index contributed by atoms with van der Waals surface area (Å²) in [4.78, 5) is 15.0. The van der Waals surface area contributed by atoms with E-state index < -0.39 is 10.1 Å². The summed E-state index contributed by atoms with van der Waals surface area (Å²) in [5, 5.41) is 0. The van der Waals surface area contributed by atoms with E-state index in [1.807, 2.05) is 19.1 Å². The van der Waals surface area contributed by atoms with Crippen LogP contribution in [0.15, 0.2) is 47.1 Å². The van der Waals surface area contributed by atoms with Gasteiger partial charge in [-0.25, -0.2) is 0 Å².